The Bertz CT molecular complexity index is 846. The molecule has 0 spiro atoms. The molecule has 1 saturated carbocycles. The second kappa shape index (κ2) is 8.49. The summed E-state index contributed by atoms with van der Waals surface area (Å²) >= 11 is 5.79. The average Bonchev–Trinajstić information content (AvgIpc) is 2.64. The van der Waals surface area contributed by atoms with E-state index in [4.69, 9.17) is 18.0 Å². The summed E-state index contributed by atoms with van der Waals surface area (Å²) in [4.78, 5) is 25.3. The van der Waals surface area contributed by atoms with E-state index in [-0.39, 0.29) is 0 Å². The van der Waals surface area contributed by atoms with Gasteiger partial charge in [0.25, 0.3) is 0 Å². The average molecular weight is 436 g/mol. The Morgan fingerprint density at radius 3 is 2.34 bits per heavy atom. The molecule has 1 fully saturated rings. The molecule has 1 aliphatic rings. The number of benzene rings is 1. The number of nitrogens with zero attached hydrogens (tertiary/aromatic N) is 1. The second-order valence-electron chi connectivity index (χ2n) is 6.85. The zero-order valence-electron chi connectivity index (χ0n) is 15.4. The van der Waals surface area contributed by atoms with Crippen LogP contribution in [0.25, 0.3) is 0 Å². The zero-order chi connectivity index (χ0) is 22.0. The lowest BCUT2D eigenvalue weighted by Gasteiger charge is -2.44. The molecule has 0 radical (unpaired) electrons. The van der Waals surface area contributed by atoms with E-state index in [1.807, 2.05) is 0 Å². The zero-order valence-corrected chi connectivity index (χ0v) is 16.1. The highest BCUT2D eigenvalue weighted by molar-refractivity contribution is 6.32. The summed E-state index contributed by atoms with van der Waals surface area (Å²) in [7, 11) is 0. The van der Waals surface area contributed by atoms with Crippen LogP contribution in [-0.2, 0) is 9.59 Å². The third-order valence-electron chi connectivity index (χ3n) is 5.09. The molecule has 1 aromatic rings. The minimum absolute atomic E-state index is 0.338. The topological polar surface area (TPSA) is 66.8 Å². The minimum Gasteiger partial charge on any atom is -0.479 e. The molecule has 5 nitrogen and oxygen atoms in total. The van der Waals surface area contributed by atoms with Gasteiger partial charge < -0.3 is 9.84 Å². The number of alkyl halides is 3. The predicted octanol–water partition coefficient (Wildman–Crippen LogP) is 4.77. The fourth-order valence-electron chi connectivity index (χ4n) is 3.64. The Balaban J connectivity index is 2.63. The number of aliphatic carboxylic acids is 1. The molecular formula is C19H18ClF4NO4. The summed E-state index contributed by atoms with van der Waals surface area (Å²) in [6, 6.07) is 1.04. The molecule has 2 rings (SSSR count). The largest absolute Gasteiger partial charge is 0.573 e. The summed E-state index contributed by atoms with van der Waals surface area (Å²) in [6.07, 6.45) is 3.29. The Morgan fingerprint density at radius 1 is 1.28 bits per heavy atom. The molecule has 1 unspecified atom stereocenters. The Kier molecular flexibility index (Phi) is 6.68. The third-order valence-corrected chi connectivity index (χ3v) is 5.39. The number of carboxylic acids is 1. The van der Waals surface area contributed by atoms with Crippen LogP contribution in [0.2, 0.25) is 5.02 Å². The van der Waals surface area contributed by atoms with Gasteiger partial charge in [-0.1, -0.05) is 30.9 Å². The van der Waals surface area contributed by atoms with Gasteiger partial charge in [0.1, 0.15) is 5.54 Å². The Labute approximate surface area is 169 Å². The highest BCUT2D eigenvalue weighted by Crippen LogP contribution is 2.42. The number of halogens is 5. The smallest absolute Gasteiger partial charge is 0.479 e. The molecule has 0 aromatic heterocycles. The van der Waals surface area contributed by atoms with Crippen molar-refractivity contribution < 1.29 is 37.0 Å². The van der Waals surface area contributed by atoms with Crippen molar-refractivity contribution in [1.29, 1.82) is 0 Å². The molecule has 1 N–H and O–H groups in total. The van der Waals surface area contributed by atoms with Crippen LogP contribution in [0.15, 0.2) is 12.1 Å². The van der Waals surface area contributed by atoms with Gasteiger partial charge in [-0.3, -0.25) is 9.69 Å². The van der Waals surface area contributed by atoms with E-state index in [1.54, 1.807) is 5.92 Å². The molecule has 0 heterocycles. The molecule has 1 aliphatic carbocycles. The fourth-order valence-corrected chi connectivity index (χ4v) is 3.84. The summed E-state index contributed by atoms with van der Waals surface area (Å²) in [5, 5.41) is 9.28. The van der Waals surface area contributed by atoms with E-state index < -0.39 is 52.0 Å². The highest BCUT2D eigenvalue weighted by Gasteiger charge is 2.50. The maximum Gasteiger partial charge on any atom is 0.573 e. The molecule has 10 heteroatoms. The number of ether oxygens (including phenoxy) is 1. The van der Waals surface area contributed by atoms with Crippen molar-refractivity contribution in [3.8, 4) is 18.1 Å². The number of terminal acetylenes is 1. The van der Waals surface area contributed by atoms with Gasteiger partial charge in [-0.05, 0) is 37.7 Å². The van der Waals surface area contributed by atoms with E-state index in [2.05, 4.69) is 4.74 Å². The first-order valence-electron chi connectivity index (χ1n) is 8.70. The summed E-state index contributed by atoms with van der Waals surface area (Å²) in [5.74, 6) is -3.71. The van der Waals surface area contributed by atoms with Crippen LogP contribution >= 0.6 is 11.6 Å². The predicted molar refractivity (Wildman–Crippen MR) is 97.0 cm³/mol. The number of rotatable bonds is 5. The molecule has 158 valence electrons. The van der Waals surface area contributed by atoms with Gasteiger partial charge in [0.05, 0.1) is 10.7 Å². The normalized spacial score (nSPS) is 17.1. The van der Waals surface area contributed by atoms with Crippen molar-refractivity contribution >= 4 is 29.2 Å². The fraction of sp³-hybridized carbons (Fsp3) is 0.474. The third kappa shape index (κ3) is 4.75. The number of hydrogen-bond donors (Lipinski definition) is 1. The van der Waals surface area contributed by atoms with Crippen LogP contribution in [0.4, 0.5) is 23.2 Å². The van der Waals surface area contributed by atoms with Crippen molar-refractivity contribution in [2.75, 3.05) is 4.90 Å². The van der Waals surface area contributed by atoms with Crippen LogP contribution < -0.4 is 9.64 Å². The second-order valence-corrected chi connectivity index (χ2v) is 7.26. The van der Waals surface area contributed by atoms with Gasteiger partial charge in [-0.2, -0.15) is 0 Å². The van der Waals surface area contributed by atoms with Crippen molar-refractivity contribution in [2.24, 2.45) is 5.92 Å². The van der Waals surface area contributed by atoms with E-state index in [1.165, 1.54) is 6.92 Å². The summed E-state index contributed by atoms with van der Waals surface area (Å²) in [5.41, 5.74) is -2.57. The van der Waals surface area contributed by atoms with Gasteiger partial charge in [0.15, 0.2) is 11.6 Å². The number of carbonyl (C=O) groups is 2. The molecule has 1 amide bonds. The summed E-state index contributed by atoms with van der Waals surface area (Å²) < 4.78 is 55.8. The van der Waals surface area contributed by atoms with Crippen LogP contribution in [0.5, 0.6) is 5.75 Å². The monoisotopic (exact) mass is 435 g/mol. The van der Waals surface area contributed by atoms with Crippen LogP contribution in [0.3, 0.4) is 0 Å². The molecule has 0 bridgehead atoms. The van der Waals surface area contributed by atoms with E-state index >= 15 is 0 Å². The molecule has 1 atom stereocenters. The highest BCUT2D eigenvalue weighted by atomic mass is 35.5. The lowest BCUT2D eigenvalue weighted by Crippen LogP contribution is -2.60. The lowest BCUT2D eigenvalue weighted by atomic mass is 9.74. The van der Waals surface area contributed by atoms with Gasteiger partial charge in [-0.25, -0.2) is 9.18 Å². The Morgan fingerprint density at radius 2 is 1.86 bits per heavy atom. The van der Waals surface area contributed by atoms with Crippen LogP contribution in [0, 0.1) is 24.1 Å². The quantitative estimate of drug-likeness (QED) is 0.534. The van der Waals surface area contributed by atoms with Crippen molar-refractivity contribution in [3.05, 3.63) is 23.0 Å². The maximum atomic E-state index is 14.8. The molecule has 0 aliphatic heterocycles. The van der Waals surface area contributed by atoms with Crippen molar-refractivity contribution in [3.63, 3.8) is 0 Å². The van der Waals surface area contributed by atoms with E-state index in [0.29, 0.717) is 42.7 Å². The van der Waals surface area contributed by atoms with Crippen LogP contribution in [-0.4, -0.2) is 28.9 Å². The number of amides is 1. The Hall–Kier alpha value is -2.47. The van der Waals surface area contributed by atoms with Crippen molar-refractivity contribution in [1.82, 2.24) is 0 Å². The minimum atomic E-state index is -5.12. The lowest BCUT2D eigenvalue weighted by molar-refractivity contribution is -0.274. The van der Waals surface area contributed by atoms with Gasteiger partial charge >= 0.3 is 18.2 Å². The first-order valence-corrected chi connectivity index (χ1v) is 9.08. The first kappa shape index (κ1) is 22.8. The number of hydrogen-bond acceptors (Lipinski definition) is 3. The molecule has 1 aromatic carbocycles. The molecular weight excluding hydrogens is 418 g/mol. The van der Waals surface area contributed by atoms with Gasteiger partial charge in [0.2, 0.25) is 0 Å². The summed E-state index contributed by atoms with van der Waals surface area (Å²) in [6.45, 7) is 1.24. The standard InChI is InChI=1S/C19H18ClF4NO4/c1-3-16(26)25(18(2,17(27)28)11-7-5-4-6-8-11)14-9-12(20)15(10-13(14)21)29-19(22,23)24/h1,9-11H,4-8H2,2H3,(H,27,28). The van der Waals surface area contributed by atoms with Crippen LogP contribution in [0.1, 0.15) is 39.0 Å². The van der Waals surface area contributed by atoms with E-state index in [0.717, 1.165) is 6.42 Å². The van der Waals surface area contributed by atoms with Crippen molar-refractivity contribution in [2.45, 2.75) is 50.9 Å². The molecule has 0 saturated heterocycles. The van der Waals surface area contributed by atoms with Gasteiger partial charge in [0, 0.05) is 6.07 Å². The number of carbonyl (C=O) groups excluding carboxylic acids is 1. The number of anilines is 1. The van der Waals surface area contributed by atoms with Gasteiger partial charge in [-0.15, -0.1) is 19.6 Å². The first-order chi connectivity index (χ1) is 13.4. The maximum absolute atomic E-state index is 14.8. The van der Waals surface area contributed by atoms with E-state index in [9.17, 15) is 32.3 Å². The number of carboxylic acid groups (broad SMARTS) is 1. The molecule has 29 heavy (non-hydrogen) atoms. The SMILES string of the molecule is C#CC(=O)N(c1cc(Cl)c(OC(F)(F)F)cc1F)C(C)(C(=O)O)C1CCCCC1.